The number of aryl methyl sites for hydroxylation is 1. The minimum atomic E-state index is 0.241. The van der Waals surface area contributed by atoms with E-state index in [1.165, 1.54) is 0 Å². The van der Waals surface area contributed by atoms with Crippen LogP contribution in [0.4, 0.5) is 0 Å². The van der Waals surface area contributed by atoms with Crippen LogP contribution in [0.15, 0.2) is 18.2 Å². The van der Waals surface area contributed by atoms with E-state index in [0.29, 0.717) is 13.2 Å². The fourth-order valence-electron chi connectivity index (χ4n) is 0.963. The lowest BCUT2D eigenvalue weighted by molar-refractivity contribution is -0.00887. The van der Waals surface area contributed by atoms with Gasteiger partial charge in [0.25, 0.3) is 0 Å². The summed E-state index contributed by atoms with van der Waals surface area (Å²) in [7, 11) is 1.64. The number of ether oxygens (including phenoxy) is 3. The molecule has 1 rings (SSSR count). The first-order chi connectivity index (χ1) is 6.84. The smallest absolute Gasteiger partial charge is 0.189 e. The average molecular weight is 195 g/mol. The maximum atomic E-state index is 5.35. The summed E-state index contributed by atoms with van der Waals surface area (Å²) in [6, 6.07) is 8.71. The molecule has 0 aliphatic heterocycles. The molecule has 0 saturated carbocycles. The van der Waals surface area contributed by atoms with Gasteiger partial charge in [0, 0.05) is 13.2 Å². The van der Waals surface area contributed by atoms with Crippen molar-refractivity contribution >= 4 is 0 Å². The lowest BCUT2D eigenvalue weighted by Crippen LogP contribution is -2.08. The van der Waals surface area contributed by atoms with Gasteiger partial charge in [-0.05, 0) is 12.5 Å². The Balaban J connectivity index is 2.21. The second-order valence-corrected chi connectivity index (χ2v) is 2.85. The van der Waals surface area contributed by atoms with Crippen LogP contribution >= 0.6 is 0 Å². The topological polar surface area (TPSA) is 27.7 Å². The molecule has 0 bridgehead atoms. The molecule has 3 nitrogen and oxygen atoms in total. The highest BCUT2D eigenvalue weighted by atomic mass is 16.7. The van der Waals surface area contributed by atoms with Crippen molar-refractivity contribution in [3.05, 3.63) is 29.8 Å². The van der Waals surface area contributed by atoms with Gasteiger partial charge in [0.15, 0.2) is 6.79 Å². The van der Waals surface area contributed by atoms with E-state index in [0.717, 1.165) is 11.3 Å². The van der Waals surface area contributed by atoms with Gasteiger partial charge in [0.2, 0.25) is 0 Å². The van der Waals surface area contributed by atoms with Crippen LogP contribution in [-0.4, -0.2) is 27.1 Å². The summed E-state index contributed by atoms with van der Waals surface area (Å²) in [5.41, 5.74) is 1.06. The highest BCUT2D eigenvalue weighted by Gasteiger charge is 1.96. The van der Waals surface area contributed by atoms with E-state index in [9.17, 15) is 0 Å². The minimum absolute atomic E-state index is 0.241. The van der Waals surface area contributed by atoms with Crippen LogP contribution in [0.2, 0.25) is 0 Å². The van der Waals surface area contributed by atoms with Crippen LogP contribution in [0.5, 0.6) is 5.75 Å². The fourth-order valence-corrected chi connectivity index (χ4v) is 0.963. The molecule has 0 aliphatic carbocycles. The van der Waals surface area contributed by atoms with Gasteiger partial charge in [-0.3, -0.25) is 0 Å². The van der Waals surface area contributed by atoms with Gasteiger partial charge in [-0.25, -0.2) is 0 Å². The molecular weight excluding hydrogens is 180 g/mol. The summed E-state index contributed by atoms with van der Waals surface area (Å²) in [5, 5.41) is 0. The number of para-hydroxylation sites is 1. The predicted molar refractivity (Wildman–Crippen MR) is 53.3 cm³/mol. The third-order valence-corrected chi connectivity index (χ3v) is 1.73. The van der Waals surface area contributed by atoms with Crippen LogP contribution in [0, 0.1) is 13.0 Å². The van der Waals surface area contributed by atoms with Gasteiger partial charge < -0.3 is 14.2 Å². The summed E-state index contributed by atoms with van der Waals surface area (Å²) in [6.07, 6.45) is 0. The second kappa shape index (κ2) is 6.40. The van der Waals surface area contributed by atoms with E-state index < -0.39 is 0 Å². The molecule has 0 saturated heterocycles. The monoisotopic (exact) mass is 195 g/mol. The standard InChI is InChI=1S/C11H15O3/c1-10-5-3-4-6-11(10)14-9-13-8-7-12-2/h3-5H,7-9H2,1-2H3. The Morgan fingerprint density at radius 1 is 1.36 bits per heavy atom. The predicted octanol–water partition coefficient (Wildman–Crippen LogP) is 1.79. The van der Waals surface area contributed by atoms with Crippen LogP contribution in [-0.2, 0) is 9.47 Å². The van der Waals surface area contributed by atoms with E-state index in [1.807, 2.05) is 25.1 Å². The number of hydrogen-bond acceptors (Lipinski definition) is 3. The molecule has 14 heavy (non-hydrogen) atoms. The minimum Gasteiger partial charge on any atom is -0.467 e. The zero-order valence-electron chi connectivity index (χ0n) is 8.58. The molecule has 0 fully saturated rings. The number of benzene rings is 1. The van der Waals surface area contributed by atoms with Gasteiger partial charge in [0.1, 0.15) is 5.75 Å². The van der Waals surface area contributed by atoms with Crippen molar-refractivity contribution in [1.29, 1.82) is 0 Å². The Kier molecular flexibility index (Phi) is 5.04. The second-order valence-electron chi connectivity index (χ2n) is 2.85. The summed E-state index contributed by atoms with van der Waals surface area (Å²) in [5.74, 6) is 0.741. The maximum absolute atomic E-state index is 5.35. The van der Waals surface area contributed by atoms with Gasteiger partial charge in [-0.15, -0.1) is 0 Å². The molecule has 0 spiro atoms. The van der Waals surface area contributed by atoms with Crippen LogP contribution in [0.1, 0.15) is 5.56 Å². The third-order valence-electron chi connectivity index (χ3n) is 1.73. The Bertz CT molecular complexity index is 260. The number of methoxy groups -OCH3 is 1. The molecule has 0 heterocycles. The highest BCUT2D eigenvalue weighted by Crippen LogP contribution is 2.14. The molecule has 1 aromatic carbocycles. The van der Waals surface area contributed by atoms with Crippen molar-refractivity contribution in [2.75, 3.05) is 27.1 Å². The van der Waals surface area contributed by atoms with E-state index in [2.05, 4.69) is 6.07 Å². The molecule has 1 radical (unpaired) electrons. The largest absolute Gasteiger partial charge is 0.467 e. The Labute approximate surface area is 84.6 Å². The number of hydrogen-bond donors (Lipinski definition) is 0. The van der Waals surface area contributed by atoms with Crippen LogP contribution < -0.4 is 4.74 Å². The Morgan fingerprint density at radius 2 is 2.21 bits per heavy atom. The van der Waals surface area contributed by atoms with Crippen molar-refractivity contribution in [3.63, 3.8) is 0 Å². The first-order valence-electron chi connectivity index (χ1n) is 4.51. The molecule has 0 aromatic heterocycles. The normalized spacial score (nSPS) is 10.1. The summed E-state index contributed by atoms with van der Waals surface area (Å²) in [6.45, 7) is 3.34. The van der Waals surface area contributed by atoms with Crippen molar-refractivity contribution in [3.8, 4) is 5.75 Å². The molecule has 0 aliphatic rings. The van der Waals surface area contributed by atoms with E-state index in [4.69, 9.17) is 14.2 Å². The lowest BCUT2D eigenvalue weighted by Gasteiger charge is -2.08. The Hall–Kier alpha value is -1.06. The average Bonchev–Trinajstić information content (AvgIpc) is 2.20. The SMILES string of the molecule is COCCOCOc1[c]cccc1C. The van der Waals surface area contributed by atoms with Crippen LogP contribution in [0.3, 0.4) is 0 Å². The molecule has 3 heteroatoms. The van der Waals surface area contributed by atoms with Crippen molar-refractivity contribution in [2.24, 2.45) is 0 Å². The zero-order chi connectivity index (χ0) is 10.2. The van der Waals surface area contributed by atoms with Crippen molar-refractivity contribution in [1.82, 2.24) is 0 Å². The van der Waals surface area contributed by atoms with Gasteiger partial charge in [-0.2, -0.15) is 0 Å². The highest BCUT2D eigenvalue weighted by molar-refractivity contribution is 5.30. The van der Waals surface area contributed by atoms with E-state index in [-0.39, 0.29) is 6.79 Å². The molecule has 77 valence electrons. The zero-order valence-corrected chi connectivity index (χ0v) is 8.58. The van der Waals surface area contributed by atoms with Crippen molar-refractivity contribution < 1.29 is 14.2 Å². The summed E-state index contributed by atoms with van der Waals surface area (Å²) in [4.78, 5) is 0. The van der Waals surface area contributed by atoms with Gasteiger partial charge >= 0.3 is 0 Å². The fraction of sp³-hybridized carbons (Fsp3) is 0.455. The first kappa shape index (κ1) is 11.0. The van der Waals surface area contributed by atoms with Gasteiger partial charge in [-0.1, -0.05) is 18.2 Å². The molecule has 0 atom stereocenters. The first-order valence-corrected chi connectivity index (χ1v) is 4.51. The van der Waals surface area contributed by atoms with E-state index in [1.54, 1.807) is 7.11 Å². The van der Waals surface area contributed by atoms with E-state index >= 15 is 0 Å². The van der Waals surface area contributed by atoms with Crippen molar-refractivity contribution in [2.45, 2.75) is 6.92 Å². The Morgan fingerprint density at radius 3 is 2.93 bits per heavy atom. The van der Waals surface area contributed by atoms with Crippen LogP contribution in [0.25, 0.3) is 0 Å². The quantitative estimate of drug-likeness (QED) is 0.511. The molecular formula is C11H15O3. The molecule has 0 unspecified atom stereocenters. The summed E-state index contributed by atoms with van der Waals surface area (Å²) < 4.78 is 15.3. The molecule has 1 aromatic rings. The lowest BCUT2D eigenvalue weighted by atomic mass is 10.2. The molecule has 0 amide bonds. The molecule has 0 N–H and O–H groups in total. The third kappa shape index (κ3) is 3.77. The maximum Gasteiger partial charge on any atom is 0.189 e. The number of rotatable bonds is 6. The summed E-state index contributed by atoms with van der Waals surface area (Å²) >= 11 is 0. The van der Waals surface area contributed by atoms with Gasteiger partial charge in [0.05, 0.1) is 13.2 Å².